The lowest BCUT2D eigenvalue weighted by molar-refractivity contribution is 0.411. The Bertz CT molecular complexity index is 692. The number of hydrogen-bond donors (Lipinski definition) is 2. The predicted molar refractivity (Wildman–Crippen MR) is 107 cm³/mol. The Morgan fingerprint density at radius 3 is 2.46 bits per heavy atom. The molecule has 0 radical (unpaired) electrons. The van der Waals surface area contributed by atoms with E-state index in [0.717, 1.165) is 16.9 Å². The smallest absolute Gasteiger partial charge is 0.191 e. The van der Waals surface area contributed by atoms with Crippen LogP contribution in [0.15, 0.2) is 47.5 Å². The molecule has 0 bridgehead atoms. The summed E-state index contributed by atoms with van der Waals surface area (Å²) >= 11 is 0. The van der Waals surface area contributed by atoms with E-state index in [9.17, 15) is 4.39 Å². The molecule has 24 heavy (non-hydrogen) atoms. The molecule has 2 aromatic rings. The second-order valence-corrected chi connectivity index (χ2v) is 5.17. The van der Waals surface area contributed by atoms with Gasteiger partial charge in [0, 0.05) is 25.7 Å². The van der Waals surface area contributed by atoms with Gasteiger partial charge in [0.25, 0.3) is 0 Å². The molecule has 0 saturated carbocycles. The monoisotopic (exact) mass is 443 g/mol. The molecule has 0 atom stereocenters. The minimum absolute atomic E-state index is 0. The molecule has 130 valence electrons. The van der Waals surface area contributed by atoms with Crippen LogP contribution in [0.1, 0.15) is 16.7 Å². The van der Waals surface area contributed by atoms with E-state index >= 15 is 0 Å². The molecule has 0 aliphatic carbocycles. The fraction of sp³-hybridized carbons (Fsp3) is 0.278. The molecule has 0 aliphatic rings. The number of rotatable bonds is 5. The fourth-order valence-corrected chi connectivity index (χ4v) is 2.28. The van der Waals surface area contributed by atoms with E-state index < -0.39 is 0 Å². The van der Waals surface area contributed by atoms with Gasteiger partial charge in [0.15, 0.2) is 5.96 Å². The highest BCUT2D eigenvalue weighted by molar-refractivity contribution is 14.0. The predicted octanol–water partition coefficient (Wildman–Crippen LogP) is 3.63. The largest absolute Gasteiger partial charge is 0.496 e. The topological polar surface area (TPSA) is 45.7 Å². The van der Waals surface area contributed by atoms with E-state index in [1.54, 1.807) is 26.3 Å². The first-order valence-corrected chi connectivity index (χ1v) is 7.45. The number of guanidine groups is 1. The molecule has 0 aliphatic heterocycles. The summed E-state index contributed by atoms with van der Waals surface area (Å²) in [7, 11) is 3.35. The van der Waals surface area contributed by atoms with Gasteiger partial charge in [-0.15, -0.1) is 24.0 Å². The molecule has 0 amide bonds. The summed E-state index contributed by atoms with van der Waals surface area (Å²) in [5, 5.41) is 6.32. The van der Waals surface area contributed by atoms with Gasteiger partial charge in [-0.1, -0.05) is 30.3 Å². The molecule has 6 heteroatoms. The summed E-state index contributed by atoms with van der Waals surface area (Å²) in [5.74, 6) is 1.28. The van der Waals surface area contributed by atoms with Gasteiger partial charge in [0.05, 0.1) is 7.11 Å². The maximum absolute atomic E-state index is 13.6. The van der Waals surface area contributed by atoms with Crippen LogP contribution in [0.25, 0.3) is 0 Å². The number of aliphatic imine (C=N–C) groups is 1. The fourth-order valence-electron chi connectivity index (χ4n) is 2.28. The Hall–Kier alpha value is -1.83. The average Bonchev–Trinajstić information content (AvgIpc) is 2.56. The number of methoxy groups -OCH3 is 1. The normalized spacial score (nSPS) is 10.8. The number of nitrogens with one attached hydrogen (secondary N) is 2. The van der Waals surface area contributed by atoms with E-state index in [1.807, 2.05) is 25.1 Å². The van der Waals surface area contributed by atoms with Gasteiger partial charge >= 0.3 is 0 Å². The second kappa shape index (κ2) is 10.1. The lowest BCUT2D eigenvalue weighted by atomic mass is 10.1. The number of aryl methyl sites for hydroxylation is 1. The van der Waals surface area contributed by atoms with Crippen LogP contribution in [-0.4, -0.2) is 20.1 Å². The SMILES string of the molecule is CN=C(NCc1ccc(OC)c(C)c1)NCc1ccccc1F.I. The Morgan fingerprint density at radius 2 is 1.83 bits per heavy atom. The lowest BCUT2D eigenvalue weighted by Crippen LogP contribution is -2.36. The molecule has 2 aromatic carbocycles. The molecule has 0 saturated heterocycles. The summed E-state index contributed by atoms with van der Waals surface area (Å²) in [5.41, 5.74) is 2.81. The van der Waals surface area contributed by atoms with E-state index in [4.69, 9.17) is 4.74 Å². The first-order valence-electron chi connectivity index (χ1n) is 7.45. The lowest BCUT2D eigenvalue weighted by Gasteiger charge is -2.13. The summed E-state index contributed by atoms with van der Waals surface area (Å²) in [6, 6.07) is 12.7. The molecule has 0 fully saturated rings. The van der Waals surface area contributed by atoms with Crippen molar-refractivity contribution < 1.29 is 9.13 Å². The van der Waals surface area contributed by atoms with Crippen molar-refractivity contribution in [3.63, 3.8) is 0 Å². The van der Waals surface area contributed by atoms with Crippen LogP contribution in [0.4, 0.5) is 4.39 Å². The minimum atomic E-state index is -0.221. The number of hydrogen-bond acceptors (Lipinski definition) is 2. The molecule has 0 unspecified atom stereocenters. The van der Waals surface area contributed by atoms with Crippen LogP contribution in [0.2, 0.25) is 0 Å². The quantitative estimate of drug-likeness (QED) is 0.422. The molecular formula is C18H23FIN3O. The Kier molecular flexibility index (Phi) is 8.53. The second-order valence-electron chi connectivity index (χ2n) is 5.17. The van der Waals surface area contributed by atoms with Gasteiger partial charge in [0.2, 0.25) is 0 Å². The summed E-state index contributed by atoms with van der Waals surface area (Å²) in [6.07, 6.45) is 0. The molecule has 2 N–H and O–H groups in total. The van der Waals surface area contributed by atoms with Gasteiger partial charge in [-0.05, 0) is 30.2 Å². The zero-order valence-electron chi connectivity index (χ0n) is 14.1. The number of benzene rings is 2. The van der Waals surface area contributed by atoms with Gasteiger partial charge in [-0.25, -0.2) is 4.39 Å². The number of nitrogens with zero attached hydrogens (tertiary/aromatic N) is 1. The van der Waals surface area contributed by atoms with Crippen molar-refractivity contribution in [3.8, 4) is 5.75 Å². The number of halogens is 2. The maximum atomic E-state index is 13.6. The van der Waals surface area contributed by atoms with Crippen LogP contribution in [0.5, 0.6) is 5.75 Å². The van der Waals surface area contributed by atoms with Crippen LogP contribution >= 0.6 is 24.0 Å². The third kappa shape index (κ3) is 5.67. The molecule has 0 spiro atoms. The van der Waals surface area contributed by atoms with E-state index in [0.29, 0.717) is 24.6 Å². The summed E-state index contributed by atoms with van der Waals surface area (Å²) < 4.78 is 18.9. The van der Waals surface area contributed by atoms with Crippen LogP contribution < -0.4 is 15.4 Å². The Labute approximate surface area is 159 Å². The van der Waals surface area contributed by atoms with Gasteiger partial charge in [-0.2, -0.15) is 0 Å². The highest BCUT2D eigenvalue weighted by Crippen LogP contribution is 2.18. The molecule has 0 aromatic heterocycles. The summed E-state index contributed by atoms with van der Waals surface area (Å²) in [4.78, 5) is 4.15. The highest BCUT2D eigenvalue weighted by Gasteiger charge is 2.04. The van der Waals surface area contributed by atoms with Gasteiger partial charge in [-0.3, -0.25) is 4.99 Å². The first kappa shape index (κ1) is 20.2. The third-order valence-corrected chi connectivity index (χ3v) is 3.55. The van der Waals surface area contributed by atoms with Crippen molar-refractivity contribution in [2.45, 2.75) is 20.0 Å². The van der Waals surface area contributed by atoms with E-state index in [-0.39, 0.29) is 29.8 Å². The summed E-state index contributed by atoms with van der Waals surface area (Å²) in [6.45, 7) is 3.02. The first-order chi connectivity index (χ1) is 11.1. The Morgan fingerprint density at radius 1 is 1.12 bits per heavy atom. The van der Waals surface area contributed by atoms with Crippen LogP contribution in [0.3, 0.4) is 0 Å². The van der Waals surface area contributed by atoms with E-state index in [2.05, 4.69) is 21.7 Å². The van der Waals surface area contributed by atoms with Crippen molar-refractivity contribution in [1.29, 1.82) is 0 Å². The number of ether oxygens (including phenoxy) is 1. The molecule has 2 rings (SSSR count). The van der Waals surface area contributed by atoms with Crippen molar-refractivity contribution in [2.24, 2.45) is 4.99 Å². The maximum Gasteiger partial charge on any atom is 0.191 e. The molecule has 4 nitrogen and oxygen atoms in total. The van der Waals surface area contributed by atoms with Gasteiger partial charge in [0.1, 0.15) is 11.6 Å². The Balaban J connectivity index is 0.00000288. The molecular weight excluding hydrogens is 420 g/mol. The highest BCUT2D eigenvalue weighted by atomic mass is 127. The van der Waals surface area contributed by atoms with E-state index in [1.165, 1.54) is 6.07 Å². The van der Waals surface area contributed by atoms with Crippen LogP contribution in [-0.2, 0) is 13.1 Å². The van der Waals surface area contributed by atoms with Crippen molar-refractivity contribution in [1.82, 2.24) is 10.6 Å². The minimum Gasteiger partial charge on any atom is -0.496 e. The van der Waals surface area contributed by atoms with Crippen molar-refractivity contribution in [3.05, 3.63) is 65.0 Å². The zero-order chi connectivity index (χ0) is 16.7. The van der Waals surface area contributed by atoms with Gasteiger partial charge < -0.3 is 15.4 Å². The zero-order valence-corrected chi connectivity index (χ0v) is 16.4. The van der Waals surface area contributed by atoms with Crippen molar-refractivity contribution >= 4 is 29.9 Å². The van der Waals surface area contributed by atoms with Crippen LogP contribution in [0, 0.1) is 12.7 Å². The average molecular weight is 443 g/mol. The third-order valence-electron chi connectivity index (χ3n) is 3.55. The van der Waals surface area contributed by atoms with Crippen molar-refractivity contribution in [2.75, 3.05) is 14.2 Å². The standard InChI is InChI=1S/C18H22FN3O.HI/c1-13-10-14(8-9-17(13)23-3)11-21-18(20-2)22-12-15-6-4-5-7-16(15)19;/h4-10H,11-12H2,1-3H3,(H2,20,21,22);1H. The molecule has 0 heterocycles.